The minimum Gasteiger partial charge on any atom is -0.322 e. The molecule has 1 aliphatic rings. The van der Waals surface area contributed by atoms with E-state index in [2.05, 4.69) is 5.32 Å². The minimum absolute atomic E-state index is 0.0370. The van der Waals surface area contributed by atoms with E-state index in [0.29, 0.717) is 24.3 Å². The fourth-order valence-electron chi connectivity index (χ4n) is 3.29. The number of primary sulfonamides is 1. The highest BCUT2D eigenvalue weighted by molar-refractivity contribution is 7.89. The molecule has 3 rings (SSSR count). The molecule has 1 fully saturated rings. The van der Waals surface area contributed by atoms with E-state index in [1.165, 1.54) is 22.5 Å². The monoisotopic (exact) mass is 437 g/mol. The van der Waals surface area contributed by atoms with Gasteiger partial charge in [0, 0.05) is 18.8 Å². The second kappa shape index (κ2) is 8.62. The molecule has 156 valence electrons. The molecule has 3 N–H and O–H groups in total. The SMILES string of the molecule is NS(=O)(=O)Cc1cccc(NC(=O)c2ccccc2S(=O)(=O)N2CCCCC2)c1. The molecule has 0 aromatic heterocycles. The lowest BCUT2D eigenvalue weighted by molar-refractivity contribution is 0.102. The van der Waals surface area contributed by atoms with Crippen LogP contribution >= 0.6 is 0 Å². The van der Waals surface area contributed by atoms with Crippen molar-refractivity contribution in [3.63, 3.8) is 0 Å². The van der Waals surface area contributed by atoms with Crippen LogP contribution in [0.4, 0.5) is 5.69 Å². The third-order valence-electron chi connectivity index (χ3n) is 4.62. The average Bonchev–Trinajstić information content (AvgIpc) is 2.67. The van der Waals surface area contributed by atoms with Gasteiger partial charge in [-0.3, -0.25) is 4.79 Å². The average molecular weight is 438 g/mol. The molecule has 0 unspecified atom stereocenters. The molecule has 29 heavy (non-hydrogen) atoms. The van der Waals surface area contributed by atoms with E-state index >= 15 is 0 Å². The third kappa shape index (κ3) is 5.41. The number of hydrogen-bond acceptors (Lipinski definition) is 5. The van der Waals surface area contributed by atoms with Crippen molar-refractivity contribution in [2.24, 2.45) is 5.14 Å². The summed E-state index contributed by atoms with van der Waals surface area (Å²) in [4.78, 5) is 12.8. The molecule has 2 aromatic carbocycles. The highest BCUT2D eigenvalue weighted by atomic mass is 32.2. The van der Waals surface area contributed by atoms with Crippen molar-refractivity contribution in [1.29, 1.82) is 0 Å². The van der Waals surface area contributed by atoms with Crippen LogP contribution in [-0.4, -0.2) is 40.1 Å². The van der Waals surface area contributed by atoms with Crippen molar-refractivity contribution in [1.82, 2.24) is 4.31 Å². The topological polar surface area (TPSA) is 127 Å². The highest BCUT2D eigenvalue weighted by Gasteiger charge is 2.29. The van der Waals surface area contributed by atoms with E-state index in [1.54, 1.807) is 30.3 Å². The van der Waals surface area contributed by atoms with Gasteiger partial charge in [-0.2, -0.15) is 4.31 Å². The van der Waals surface area contributed by atoms with Crippen LogP contribution in [0.2, 0.25) is 0 Å². The molecule has 1 aliphatic heterocycles. The van der Waals surface area contributed by atoms with Crippen LogP contribution in [0.5, 0.6) is 0 Å². The van der Waals surface area contributed by atoms with Crippen LogP contribution in [-0.2, 0) is 25.8 Å². The van der Waals surface area contributed by atoms with Crippen molar-refractivity contribution < 1.29 is 21.6 Å². The molecule has 0 saturated carbocycles. The van der Waals surface area contributed by atoms with Crippen molar-refractivity contribution >= 4 is 31.6 Å². The van der Waals surface area contributed by atoms with E-state index in [4.69, 9.17) is 5.14 Å². The summed E-state index contributed by atoms with van der Waals surface area (Å²) in [6, 6.07) is 12.3. The number of carbonyl (C=O) groups excluding carboxylic acids is 1. The smallest absolute Gasteiger partial charge is 0.257 e. The maximum Gasteiger partial charge on any atom is 0.257 e. The van der Waals surface area contributed by atoms with Crippen LogP contribution in [0.3, 0.4) is 0 Å². The first kappa shape index (κ1) is 21.4. The summed E-state index contributed by atoms with van der Waals surface area (Å²) in [5, 5.41) is 7.70. The number of hydrogen-bond donors (Lipinski definition) is 2. The Morgan fingerprint density at radius 2 is 1.66 bits per heavy atom. The van der Waals surface area contributed by atoms with Crippen LogP contribution in [0.25, 0.3) is 0 Å². The van der Waals surface area contributed by atoms with Crippen molar-refractivity contribution in [2.45, 2.75) is 29.9 Å². The number of sulfonamides is 2. The van der Waals surface area contributed by atoms with Gasteiger partial charge in [0.15, 0.2) is 0 Å². The Morgan fingerprint density at radius 1 is 0.966 bits per heavy atom. The predicted octanol–water partition coefficient (Wildman–Crippen LogP) is 1.90. The molecule has 1 heterocycles. The van der Waals surface area contributed by atoms with Gasteiger partial charge in [0.05, 0.1) is 16.2 Å². The number of rotatable bonds is 6. The molecule has 1 saturated heterocycles. The zero-order valence-electron chi connectivity index (χ0n) is 15.7. The first-order valence-electron chi connectivity index (χ1n) is 9.17. The van der Waals surface area contributed by atoms with Crippen molar-refractivity contribution in [3.8, 4) is 0 Å². The summed E-state index contributed by atoms with van der Waals surface area (Å²) in [5.41, 5.74) is 0.802. The molecule has 0 aliphatic carbocycles. The lowest BCUT2D eigenvalue weighted by Gasteiger charge is -2.26. The quantitative estimate of drug-likeness (QED) is 0.714. The van der Waals surface area contributed by atoms with E-state index in [0.717, 1.165) is 19.3 Å². The molecule has 8 nitrogen and oxygen atoms in total. The van der Waals surface area contributed by atoms with Crippen LogP contribution < -0.4 is 10.5 Å². The van der Waals surface area contributed by atoms with Crippen molar-refractivity contribution in [2.75, 3.05) is 18.4 Å². The second-order valence-electron chi connectivity index (χ2n) is 6.92. The zero-order valence-corrected chi connectivity index (χ0v) is 17.4. The molecule has 0 bridgehead atoms. The second-order valence-corrected chi connectivity index (χ2v) is 10.4. The van der Waals surface area contributed by atoms with Gasteiger partial charge in [-0.1, -0.05) is 30.7 Å². The molecule has 2 aromatic rings. The van der Waals surface area contributed by atoms with E-state index in [1.807, 2.05) is 0 Å². The Labute approximate surface area is 170 Å². The summed E-state index contributed by atoms with van der Waals surface area (Å²) >= 11 is 0. The maximum atomic E-state index is 13.0. The van der Waals surface area contributed by atoms with Gasteiger partial charge in [-0.25, -0.2) is 22.0 Å². The number of amides is 1. The van der Waals surface area contributed by atoms with Gasteiger partial charge in [0.2, 0.25) is 20.0 Å². The van der Waals surface area contributed by atoms with E-state index in [9.17, 15) is 21.6 Å². The Bertz CT molecular complexity index is 1110. The number of anilines is 1. The molecule has 0 spiro atoms. The minimum atomic E-state index is -3.79. The first-order chi connectivity index (χ1) is 13.7. The number of benzene rings is 2. The van der Waals surface area contributed by atoms with Crippen molar-refractivity contribution in [3.05, 3.63) is 59.7 Å². The number of nitrogens with two attached hydrogens (primary N) is 1. The Balaban J connectivity index is 1.87. The lowest BCUT2D eigenvalue weighted by Crippen LogP contribution is -2.36. The number of nitrogens with one attached hydrogen (secondary N) is 1. The van der Waals surface area contributed by atoms with Gasteiger partial charge in [0.25, 0.3) is 5.91 Å². The Morgan fingerprint density at radius 3 is 2.34 bits per heavy atom. The normalized spacial score (nSPS) is 15.8. The van der Waals surface area contributed by atoms with Crippen LogP contribution in [0.15, 0.2) is 53.4 Å². The lowest BCUT2D eigenvalue weighted by atomic mass is 10.2. The molecule has 10 heteroatoms. The molecule has 0 radical (unpaired) electrons. The van der Waals surface area contributed by atoms with Gasteiger partial charge in [-0.15, -0.1) is 0 Å². The molecular weight excluding hydrogens is 414 g/mol. The fourth-order valence-corrected chi connectivity index (χ4v) is 5.64. The standard InChI is InChI=1S/C19H23N3O5S2/c20-28(24,25)14-15-7-6-8-16(13-15)21-19(23)17-9-2-3-10-18(17)29(26,27)22-11-4-1-5-12-22/h2-3,6-10,13H,1,4-5,11-12,14H2,(H,21,23)(H2,20,24,25). The third-order valence-corrected chi connectivity index (χ3v) is 7.31. The van der Waals surface area contributed by atoms with Crippen LogP contribution in [0, 0.1) is 0 Å². The van der Waals surface area contributed by atoms with Gasteiger partial charge >= 0.3 is 0 Å². The number of nitrogens with zero attached hydrogens (tertiary/aromatic N) is 1. The van der Waals surface area contributed by atoms with Crippen LogP contribution in [0.1, 0.15) is 35.2 Å². The number of piperidine rings is 1. The first-order valence-corrected chi connectivity index (χ1v) is 12.3. The van der Waals surface area contributed by atoms with Gasteiger partial charge in [-0.05, 0) is 42.7 Å². The largest absolute Gasteiger partial charge is 0.322 e. The molecule has 1 amide bonds. The highest BCUT2D eigenvalue weighted by Crippen LogP contribution is 2.24. The molecular formula is C19H23N3O5S2. The summed E-state index contributed by atoms with van der Waals surface area (Å²) in [6.45, 7) is 0.877. The fraction of sp³-hybridized carbons (Fsp3) is 0.316. The van der Waals surface area contributed by atoms with Gasteiger partial charge in [0.1, 0.15) is 0 Å². The van der Waals surface area contributed by atoms with Gasteiger partial charge < -0.3 is 5.32 Å². The summed E-state index contributed by atoms with van der Waals surface area (Å²) in [6.07, 6.45) is 2.58. The summed E-state index contributed by atoms with van der Waals surface area (Å²) < 4.78 is 50.1. The zero-order chi connectivity index (χ0) is 21.1. The summed E-state index contributed by atoms with van der Waals surface area (Å²) in [7, 11) is -7.50. The summed E-state index contributed by atoms with van der Waals surface area (Å²) in [5.74, 6) is -0.953. The number of carbonyl (C=O) groups is 1. The Kier molecular flexibility index (Phi) is 6.37. The molecule has 0 atom stereocenters. The predicted molar refractivity (Wildman–Crippen MR) is 110 cm³/mol. The maximum absolute atomic E-state index is 13.0. The van der Waals surface area contributed by atoms with E-state index in [-0.39, 0.29) is 16.2 Å². The Hall–Kier alpha value is -2.27. The van der Waals surface area contributed by atoms with E-state index < -0.39 is 26.0 Å².